The summed E-state index contributed by atoms with van der Waals surface area (Å²) in [5.41, 5.74) is -1.72. The van der Waals surface area contributed by atoms with Crippen LogP contribution in [0.2, 0.25) is 0 Å². The zero-order valence-corrected chi connectivity index (χ0v) is 10.9. The van der Waals surface area contributed by atoms with E-state index in [0.29, 0.717) is 25.7 Å². The van der Waals surface area contributed by atoms with Crippen LogP contribution in [-0.2, 0) is 10.2 Å². The number of non-ortho nitro benzene ring substituents is 1. The highest BCUT2D eigenvalue weighted by molar-refractivity contribution is 5.83. The average Bonchev–Trinajstić information content (AvgIpc) is 2.88. The van der Waals surface area contributed by atoms with Gasteiger partial charge in [0, 0.05) is 11.6 Å². The molecule has 1 aliphatic carbocycles. The fraction of sp³-hybridized carbons (Fsp3) is 0.462. The van der Waals surface area contributed by atoms with Crippen LogP contribution in [0.25, 0.3) is 0 Å². The molecule has 20 heavy (non-hydrogen) atoms. The van der Waals surface area contributed by atoms with Gasteiger partial charge in [-0.15, -0.1) is 0 Å². The van der Waals surface area contributed by atoms with Crippen LogP contribution in [0, 0.1) is 15.9 Å². The van der Waals surface area contributed by atoms with Crippen LogP contribution in [0.3, 0.4) is 0 Å². The Morgan fingerprint density at radius 2 is 2.05 bits per heavy atom. The van der Waals surface area contributed by atoms with Gasteiger partial charge in [0.2, 0.25) is 0 Å². The van der Waals surface area contributed by atoms with E-state index >= 15 is 0 Å². The Morgan fingerprint density at radius 3 is 2.50 bits per heavy atom. The van der Waals surface area contributed by atoms with Gasteiger partial charge in [0.15, 0.2) is 11.6 Å². The number of halogens is 1. The van der Waals surface area contributed by atoms with E-state index in [1.54, 1.807) is 0 Å². The van der Waals surface area contributed by atoms with Crippen LogP contribution in [0.15, 0.2) is 12.1 Å². The van der Waals surface area contributed by atoms with Crippen molar-refractivity contribution in [3.8, 4) is 5.75 Å². The van der Waals surface area contributed by atoms with Crippen LogP contribution in [0.5, 0.6) is 5.75 Å². The predicted octanol–water partition coefficient (Wildman–Crippen LogP) is 2.64. The third-order valence-electron chi connectivity index (χ3n) is 3.83. The van der Waals surface area contributed by atoms with Gasteiger partial charge >= 0.3 is 5.97 Å². The molecule has 1 aromatic carbocycles. The maximum absolute atomic E-state index is 13.9. The Balaban J connectivity index is 2.70. The highest BCUT2D eigenvalue weighted by Crippen LogP contribution is 2.46. The topological polar surface area (TPSA) is 89.7 Å². The summed E-state index contributed by atoms with van der Waals surface area (Å²) in [6.45, 7) is 0. The molecule has 0 aliphatic heterocycles. The summed E-state index contributed by atoms with van der Waals surface area (Å²) in [5.74, 6) is -2.24. The number of ether oxygens (including phenoxy) is 1. The van der Waals surface area contributed by atoms with Crippen LogP contribution < -0.4 is 4.74 Å². The zero-order chi connectivity index (χ0) is 14.9. The van der Waals surface area contributed by atoms with Gasteiger partial charge < -0.3 is 9.84 Å². The standard InChI is InChI=1S/C13H14FNO5/c1-20-11-9(6-8(15(18)19)7-10(11)14)13(12(16)17)4-2-3-5-13/h6-7H,2-5H2,1H3,(H,16,17). The minimum atomic E-state index is -1.31. The van der Waals surface area contributed by atoms with E-state index < -0.39 is 27.8 Å². The van der Waals surface area contributed by atoms with E-state index in [1.807, 2.05) is 0 Å². The van der Waals surface area contributed by atoms with E-state index in [1.165, 1.54) is 7.11 Å². The number of methoxy groups -OCH3 is 1. The fourth-order valence-corrected chi connectivity index (χ4v) is 2.82. The minimum absolute atomic E-state index is 0.0525. The molecule has 0 unspecified atom stereocenters. The molecule has 0 heterocycles. The summed E-state index contributed by atoms with van der Waals surface area (Å²) in [6.07, 6.45) is 2.00. The molecule has 108 valence electrons. The second-order valence-corrected chi connectivity index (χ2v) is 4.86. The molecule has 0 spiro atoms. The molecule has 1 N–H and O–H groups in total. The van der Waals surface area contributed by atoms with Gasteiger partial charge in [0.1, 0.15) is 0 Å². The summed E-state index contributed by atoms with van der Waals surface area (Å²) < 4.78 is 18.9. The molecule has 1 fully saturated rings. The summed E-state index contributed by atoms with van der Waals surface area (Å²) in [4.78, 5) is 21.7. The van der Waals surface area contributed by atoms with Gasteiger partial charge in [-0.3, -0.25) is 14.9 Å². The van der Waals surface area contributed by atoms with Crippen LogP contribution >= 0.6 is 0 Å². The molecule has 0 atom stereocenters. The lowest BCUT2D eigenvalue weighted by atomic mass is 9.78. The number of nitro groups is 1. The Hall–Kier alpha value is -2.18. The number of aliphatic carboxylic acids is 1. The number of nitrogens with zero attached hydrogens (tertiary/aromatic N) is 1. The Bertz CT molecular complexity index is 566. The normalized spacial score (nSPS) is 16.9. The maximum Gasteiger partial charge on any atom is 0.314 e. The average molecular weight is 283 g/mol. The van der Waals surface area contributed by atoms with Gasteiger partial charge in [-0.2, -0.15) is 0 Å². The number of nitro benzene ring substituents is 1. The molecule has 0 amide bonds. The fourth-order valence-electron chi connectivity index (χ4n) is 2.82. The van der Waals surface area contributed by atoms with Crippen molar-refractivity contribution in [2.75, 3.05) is 7.11 Å². The first-order valence-electron chi connectivity index (χ1n) is 6.18. The first-order chi connectivity index (χ1) is 9.42. The Kier molecular flexibility index (Phi) is 3.61. The summed E-state index contributed by atoms with van der Waals surface area (Å²) >= 11 is 0. The van der Waals surface area contributed by atoms with Gasteiger partial charge in [-0.25, -0.2) is 4.39 Å². The summed E-state index contributed by atoms with van der Waals surface area (Å²) in [7, 11) is 1.22. The maximum atomic E-state index is 13.9. The first-order valence-corrected chi connectivity index (χ1v) is 6.18. The molecule has 0 saturated heterocycles. The van der Waals surface area contributed by atoms with E-state index in [4.69, 9.17) is 4.74 Å². The SMILES string of the molecule is COc1c(F)cc([N+](=O)[O-])cc1C1(C(=O)O)CCCC1. The van der Waals surface area contributed by atoms with Crippen molar-refractivity contribution in [2.45, 2.75) is 31.1 Å². The molecule has 7 heteroatoms. The first kappa shape index (κ1) is 14.2. The van der Waals surface area contributed by atoms with Crippen molar-refractivity contribution in [1.82, 2.24) is 0 Å². The third-order valence-corrected chi connectivity index (χ3v) is 3.83. The lowest BCUT2D eigenvalue weighted by Gasteiger charge is -2.26. The molecule has 0 bridgehead atoms. The molecule has 6 nitrogen and oxygen atoms in total. The summed E-state index contributed by atoms with van der Waals surface area (Å²) in [6, 6.07) is 1.86. The van der Waals surface area contributed by atoms with Crippen molar-refractivity contribution in [2.24, 2.45) is 0 Å². The summed E-state index contributed by atoms with van der Waals surface area (Å²) in [5, 5.41) is 20.4. The molecule has 0 aromatic heterocycles. The van der Waals surface area contributed by atoms with Crippen LogP contribution in [0.1, 0.15) is 31.2 Å². The van der Waals surface area contributed by atoms with Crippen molar-refractivity contribution >= 4 is 11.7 Å². The van der Waals surface area contributed by atoms with Gasteiger partial charge in [0.25, 0.3) is 5.69 Å². The van der Waals surface area contributed by atoms with Crippen molar-refractivity contribution in [1.29, 1.82) is 0 Å². The van der Waals surface area contributed by atoms with E-state index in [0.717, 1.165) is 12.1 Å². The third kappa shape index (κ3) is 2.09. The lowest BCUT2D eigenvalue weighted by Crippen LogP contribution is -2.33. The zero-order valence-electron chi connectivity index (χ0n) is 10.9. The lowest BCUT2D eigenvalue weighted by molar-refractivity contribution is -0.385. The van der Waals surface area contributed by atoms with E-state index in [-0.39, 0.29) is 11.3 Å². The number of carbonyl (C=O) groups is 1. The molecule has 2 rings (SSSR count). The Labute approximate surface area is 114 Å². The quantitative estimate of drug-likeness (QED) is 0.677. The van der Waals surface area contributed by atoms with Gasteiger partial charge in [0.05, 0.1) is 23.5 Å². The second kappa shape index (κ2) is 5.07. The highest BCUT2D eigenvalue weighted by Gasteiger charge is 2.46. The second-order valence-electron chi connectivity index (χ2n) is 4.86. The molecule has 1 aliphatic rings. The largest absolute Gasteiger partial charge is 0.493 e. The van der Waals surface area contributed by atoms with Crippen molar-refractivity contribution in [3.63, 3.8) is 0 Å². The number of carboxylic acid groups (broad SMARTS) is 1. The highest BCUT2D eigenvalue weighted by atomic mass is 19.1. The van der Waals surface area contributed by atoms with Crippen LogP contribution in [-0.4, -0.2) is 23.1 Å². The molecule has 1 aromatic rings. The van der Waals surface area contributed by atoms with Crippen molar-refractivity contribution in [3.05, 3.63) is 33.6 Å². The number of hydrogen-bond donors (Lipinski definition) is 1. The predicted molar refractivity (Wildman–Crippen MR) is 67.4 cm³/mol. The Morgan fingerprint density at radius 1 is 1.45 bits per heavy atom. The molecular weight excluding hydrogens is 269 g/mol. The van der Waals surface area contributed by atoms with E-state index in [9.17, 15) is 24.4 Å². The number of carboxylic acids is 1. The number of hydrogen-bond acceptors (Lipinski definition) is 4. The van der Waals surface area contributed by atoms with Gasteiger partial charge in [-0.1, -0.05) is 12.8 Å². The minimum Gasteiger partial charge on any atom is -0.493 e. The van der Waals surface area contributed by atoms with Gasteiger partial charge in [-0.05, 0) is 12.8 Å². The van der Waals surface area contributed by atoms with Crippen molar-refractivity contribution < 1.29 is 24.0 Å². The molecule has 1 saturated carbocycles. The smallest absolute Gasteiger partial charge is 0.314 e. The monoisotopic (exact) mass is 283 g/mol. The molecule has 0 radical (unpaired) electrons. The van der Waals surface area contributed by atoms with E-state index in [2.05, 4.69) is 0 Å². The molecular formula is C13H14FNO5. The van der Waals surface area contributed by atoms with Crippen LogP contribution in [0.4, 0.5) is 10.1 Å². The number of benzene rings is 1. The number of rotatable bonds is 4.